The monoisotopic (exact) mass is 282 g/mol. The summed E-state index contributed by atoms with van der Waals surface area (Å²) in [5, 5.41) is 0. The minimum atomic E-state index is -3.82. The van der Waals surface area contributed by atoms with E-state index in [0.717, 1.165) is 13.3 Å². The second kappa shape index (κ2) is 5.00. The number of carbonyl (C=O) groups is 2. The van der Waals surface area contributed by atoms with Gasteiger partial charge in [0.25, 0.3) is 10.0 Å². The Kier molecular flexibility index (Phi) is 3.57. The minimum Gasteiger partial charge on any atom is -0.312 e. The molecule has 0 bridgehead atoms. The lowest BCUT2D eigenvalue weighted by Crippen LogP contribution is -2.28. The van der Waals surface area contributed by atoms with Crippen molar-refractivity contribution in [3.05, 3.63) is 24.3 Å². The summed E-state index contributed by atoms with van der Waals surface area (Å²) in [6.07, 6.45) is 1.33. The second-order valence-corrected chi connectivity index (χ2v) is 5.99. The molecule has 1 aliphatic rings. The van der Waals surface area contributed by atoms with E-state index in [0.29, 0.717) is 18.7 Å². The van der Waals surface area contributed by atoms with Crippen LogP contribution in [0.3, 0.4) is 0 Å². The van der Waals surface area contributed by atoms with E-state index in [1.54, 1.807) is 17.0 Å². The quantitative estimate of drug-likeness (QED) is 0.881. The summed E-state index contributed by atoms with van der Waals surface area (Å²) in [5.74, 6) is -0.601. The number of benzene rings is 1. The Labute approximate surface area is 111 Å². The van der Waals surface area contributed by atoms with Crippen LogP contribution in [0.25, 0.3) is 0 Å². The number of anilines is 1. The van der Waals surface area contributed by atoms with Gasteiger partial charge in [0.05, 0.1) is 4.90 Å². The van der Waals surface area contributed by atoms with E-state index in [9.17, 15) is 18.0 Å². The molecule has 1 saturated heterocycles. The van der Waals surface area contributed by atoms with E-state index < -0.39 is 15.9 Å². The highest BCUT2D eigenvalue weighted by Gasteiger charge is 2.22. The number of carbonyl (C=O) groups excluding carboxylic acids is 2. The molecule has 1 aromatic carbocycles. The van der Waals surface area contributed by atoms with Gasteiger partial charge >= 0.3 is 0 Å². The van der Waals surface area contributed by atoms with Gasteiger partial charge < -0.3 is 4.90 Å². The molecular weight excluding hydrogens is 268 g/mol. The SMILES string of the molecule is CC(=O)NS(=O)(=O)c1ccc(N2CCCC2=O)cc1. The fraction of sp³-hybridized carbons (Fsp3) is 0.333. The van der Waals surface area contributed by atoms with E-state index in [2.05, 4.69) is 0 Å². The first-order chi connectivity index (χ1) is 8.90. The van der Waals surface area contributed by atoms with Crippen LogP contribution in [0.5, 0.6) is 0 Å². The maximum atomic E-state index is 11.7. The summed E-state index contributed by atoms with van der Waals surface area (Å²) in [6.45, 7) is 1.78. The van der Waals surface area contributed by atoms with Gasteiger partial charge in [-0.15, -0.1) is 0 Å². The molecule has 19 heavy (non-hydrogen) atoms. The molecule has 0 unspecified atom stereocenters. The van der Waals surface area contributed by atoms with Crippen LogP contribution in [0.15, 0.2) is 29.2 Å². The molecule has 2 rings (SSSR count). The number of sulfonamides is 1. The molecule has 1 N–H and O–H groups in total. The van der Waals surface area contributed by atoms with Crippen molar-refractivity contribution in [1.82, 2.24) is 4.72 Å². The molecule has 102 valence electrons. The fourth-order valence-corrected chi connectivity index (χ4v) is 2.97. The fourth-order valence-electron chi connectivity index (χ4n) is 1.97. The molecule has 0 aromatic heterocycles. The number of nitrogens with one attached hydrogen (secondary N) is 1. The molecule has 1 heterocycles. The standard InChI is InChI=1S/C12H14N2O4S/c1-9(15)13-19(17,18)11-6-4-10(5-7-11)14-8-2-3-12(14)16/h4-7H,2-3,8H2,1H3,(H,13,15). The zero-order valence-electron chi connectivity index (χ0n) is 10.4. The highest BCUT2D eigenvalue weighted by Crippen LogP contribution is 2.22. The van der Waals surface area contributed by atoms with E-state index in [4.69, 9.17) is 0 Å². The lowest BCUT2D eigenvalue weighted by atomic mass is 10.3. The van der Waals surface area contributed by atoms with Crippen molar-refractivity contribution in [2.24, 2.45) is 0 Å². The molecule has 0 radical (unpaired) electrons. The third-order valence-corrected chi connectivity index (χ3v) is 4.26. The van der Waals surface area contributed by atoms with Gasteiger partial charge in [0.1, 0.15) is 0 Å². The molecular formula is C12H14N2O4S. The lowest BCUT2D eigenvalue weighted by molar-refractivity contribution is -0.118. The van der Waals surface area contributed by atoms with Crippen molar-refractivity contribution in [3.8, 4) is 0 Å². The second-order valence-electron chi connectivity index (χ2n) is 4.30. The molecule has 2 amide bonds. The average Bonchev–Trinajstić information content (AvgIpc) is 2.74. The summed E-state index contributed by atoms with van der Waals surface area (Å²) in [5.41, 5.74) is 0.671. The van der Waals surface area contributed by atoms with Gasteiger partial charge in [-0.05, 0) is 30.7 Å². The summed E-state index contributed by atoms with van der Waals surface area (Å²) >= 11 is 0. The van der Waals surface area contributed by atoms with Crippen molar-refractivity contribution >= 4 is 27.5 Å². The molecule has 1 fully saturated rings. The van der Waals surface area contributed by atoms with Gasteiger partial charge in [-0.3, -0.25) is 9.59 Å². The normalized spacial score (nSPS) is 15.6. The maximum Gasteiger partial charge on any atom is 0.264 e. The van der Waals surface area contributed by atoms with Crippen LogP contribution in [0, 0.1) is 0 Å². The number of hydrogen-bond donors (Lipinski definition) is 1. The molecule has 1 aliphatic heterocycles. The first kappa shape index (κ1) is 13.5. The molecule has 0 aliphatic carbocycles. The lowest BCUT2D eigenvalue weighted by Gasteiger charge is -2.15. The maximum absolute atomic E-state index is 11.7. The van der Waals surface area contributed by atoms with E-state index in [1.807, 2.05) is 4.72 Å². The van der Waals surface area contributed by atoms with Crippen LogP contribution < -0.4 is 9.62 Å². The van der Waals surface area contributed by atoms with Crippen molar-refractivity contribution in [1.29, 1.82) is 0 Å². The number of rotatable bonds is 3. The van der Waals surface area contributed by atoms with Crippen molar-refractivity contribution in [3.63, 3.8) is 0 Å². The van der Waals surface area contributed by atoms with Gasteiger partial charge in [0.15, 0.2) is 0 Å². The van der Waals surface area contributed by atoms with Crippen LogP contribution in [-0.4, -0.2) is 26.8 Å². The number of hydrogen-bond acceptors (Lipinski definition) is 4. The summed E-state index contributed by atoms with van der Waals surface area (Å²) < 4.78 is 25.3. The Balaban J connectivity index is 2.23. The van der Waals surface area contributed by atoms with Crippen LogP contribution >= 0.6 is 0 Å². The topological polar surface area (TPSA) is 83.6 Å². The van der Waals surface area contributed by atoms with Crippen molar-refractivity contribution in [2.45, 2.75) is 24.7 Å². The molecule has 0 atom stereocenters. The zero-order chi connectivity index (χ0) is 14.0. The van der Waals surface area contributed by atoms with Crippen molar-refractivity contribution < 1.29 is 18.0 Å². The van der Waals surface area contributed by atoms with Gasteiger partial charge in [-0.1, -0.05) is 0 Å². The third-order valence-electron chi connectivity index (χ3n) is 2.81. The molecule has 6 nitrogen and oxygen atoms in total. The van der Waals surface area contributed by atoms with Gasteiger partial charge in [-0.2, -0.15) is 0 Å². The summed E-state index contributed by atoms with van der Waals surface area (Å²) in [4.78, 5) is 24.0. The smallest absolute Gasteiger partial charge is 0.264 e. The molecule has 0 saturated carbocycles. The molecule has 7 heteroatoms. The Morgan fingerprint density at radius 3 is 2.37 bits per heavy atom. The van der Waals surface area contributed by atoms with E-state index in [1.165, 1.54) is 12.1 Å². The highest BCUT2D eigenvalue weighted by molar-refractivity contribution is 7.90. The van der Waals surface area contributed by atoms with Crippen LogP contribution in [0.2, 0.25) is 0 Å². The van der Waals surface area contributed by atoms with Gasteiger partial charge in [0, 0.05) is 25.6 Å². The van der Waals surface area contributed by atoms with Crippen LogP contribution in [-0.2, 0) is 19.6 Å². The molecule has 0 spiro atoms. The Morgan fingerprint density at radius 2 is 1.89 bits per heavy atom. The predicted octanol–water partition coefficient (Wildman–Crippen LogP) is 0.638. The number of amides is 2. The first-order valence-electron chi connectivity index (χ1n) is 5.84. The van der Waals surface area contributed by atoms with E-state index in [-0.39, 0.29) is 10.8 Å². The average molecular weight is 282 g/mol. The largest absolute Gasteiger partial charge is 0.312 e. The van der Waals surface area contributed by atoms with Gasteiger partial charge in [0.2, 0.25) is 11.8 Å². The molecule has 1 aromatic rings. The first-order valence-corrected chi connectivity index (χ1v) is 7.32. The zero-order valence-corrected chi connectivity index (χ0v) is 11.2. The Morgan fingerprint density at radius 1 is 1.26 bits per heavy atom. The highest BCUT2D eigenvalue weighted by atomic mass is 32.2. The summed E-state index contributed by atoms with van der Waals surface area (Å²) in [7, 11) is -3.82. The minimum absolute atomic E-state index is 0.00176. The summed E-state index contributed by atoms with van der Waals surface area (Å²) in [6, 6.07) is 5.90. The van der Waals surface area contributed by atoms with Crippen molar-refractivity contribution in [2.75, 3.05) is 11.4 Å². The van der Waals surface area contributed by atoms with E-state index >= 15 is 0 Å². The number of nitrogens with zero attached hydrogens (tertiary/aromatic N) is 1. The van der Waals surface area contributed by atoms with Gasteiger partial charge in [-0.25, -0.2) is 13.1 Å². The van der Waals surface area contributed by atoms with Crippen LogP contribution in [0.1, 0.15) is 19.8 Å². The Bertz CT molecular complexity index is 607. The predicted molar refractivity (Wildman–Crippen MR) is 69.0 cm³/mol. The van der Waals surface area contributed by atoms with Crippen LogP contribution in [0.4, 0.5) is 5.69 Å². The third kappa shape index (κ3) is 2.93. The Hall–Kier alpha value is -1.89.